The van der Waals surface area contributed by atoms with Gasteiger partial charge >= 0.3 is 0 Å². The number of hydrogen-bond donors (Lipinski definition) is 2. The maximum atomic E-state index is 14.3. The highest BCUT2D eigenvalue weighted by Crippen LogP contribution is 2.28. The molecular formula is C19H20F2N4O2. The minimum absolute atomic E-state index is 0.0452. The highest BCUT2D eigenvalue weighted by atomic mass is 19.1. The zero-order valence-electron chi connectivity index (χ0n) is 14.8. The molecule has 0 bridgehead atoms. The van der Waals surface area contributed by atoms with Gasteiger partial charge in [0.15, 0.2) is 5.69 Å². The number of rotatable bonds is 5. The SMILES string of the molecule is CN1CC[C@@H](CCc2cc(-c3ccc(N)c(C(N)=O)n3)c(F)cc2F)C1=O. The van der Waals surface area contributed by atoms with Crippen molar-refractivity contribution in [2.75, 3.05) is 19.3 Å². The smallest absolute Gasteiger partial charge is 0.269 e. The average Bonchev–Trinajstić information content (AvgIpc) is 2.93. The van der Waals surface area contributed by atoms with Gasteiger partial charge in [0.1, 0.15) is 11.6 Å². The van der Waals surface area contributed by atoms with Crippen LogP contribution in [0.15, 0.2) is 24.3 Å². The van der Waals surface area contributed by atoms with E-state index < -0.39 is 17.5 Å². The number of aromatic nitrogens is 1. The number of anilines is 1. The molecule has 2 amide bonds. The van der Waals surface area contributed by atoms with Crippen LogP contribution in [0.3, 0.4) is 0 Å². The Balaban J connectivity index is 1.89. The minimum atomic E-state index is -0.832. The Morgan fingerprint density at radius 3 is 2.67 bits per heavy atom. The molecule has 1 aromatic carbocycles. The van der Waals surface area contributed by atoms with E-state index in [9.17, 15) is 18.4 Å². The lowest BCUT2D eigenvalue weighted by Gasteiger charge is -2.12. The third-order valence-electron chi connectivity index (χ3n) is 4.87. The van der Waals surface area contributed by atoms with Crippen LogP contribution in [0.25, 0.3) is 11.3 Å². The second kappa shape index (κ2) is 7.30. The fourth-order valence-electron chi connectivity index (χ4n) is 3.29. The Hall–Kier alpha value is -3.03. The number of aryl methyl sites for hydroxylation is 1. The van der Waals surface area contributed by atoms with E-state index in [-0.39, 0.29) is 40.0 Å². The molecule has 4 N–H and O–H groups in total. The van der Waals surface area contributed by atoms with Crippen LogP contribution >= 0.6 is 0 Å². The summed E-state index contributed by atoms with van der Waals surface area (Å²) >= 11 is 0. The number of hydrogen-bond acceptors (Lipinski definition) is 4. The van der Waals surface area contributed by atoms with Gasteiger partial charge in [0.25, 0.3) is 5.91 Å². The number of halogens is 2. The molecule has 1 aromatic heterocycles. The van der Waals surface area contributed by atoms with Crippen LogP contribution in [0.1, 0.15) is 28.9 Å². The van der Waals surface area contributed by atoms with E-state index in [1.165, 1.54) is 18.2 Å². The van der Waals surface area contributed by atoms with Gasteiger partial charge in [-0.25, -0.2) is 13.8 Å². The molecule has 8 heteroatoms. The second-order valence-corrected chi connectivity index (χ2v) is 6.71. The molecule has 1 aliphatic rings. The van der Waals surface area contributed by atoms with E-state index >= 15 is 0 Å². The van der Waals surface area contributed by atoms with Gasteiger partial charge in [0, 0.05) is 31.1 Å². The molecule has 2 heterocycles. The van der Waals surface area contributed by atoms with Crippen LogP contribution in [-0.4, -0.2) is 35.3 Å². The summed E-state index contributed by atoms with van der Waals surface area (Å²) in [5.41, 5.74) is 11.2. The lowest BCUT2D eigenvalue weighted by molar-refractivity contribution is -0.130. The van der Waals surface area contributed by atoms with Crippen molar-refractivity contribution in [3.05, 3.63) is 47.2 Å². The molecular weight excluding hydrogens is 354 g/mol. The van der Waals surface area contributed by atoms with Crippen molar-refractivity contribution >= 4 is 17.5 Å². The van der Waals surface area contributed by atoms with Crippen molar-refractivity contribution in [1.29, 1.82) is 0 Å². The Kier molecular flexibility index (Phi) is 5.07. The summed E-state index contributed by atoms with van der Waals surface area (Å²) in [6, 6.07) is 4.99. The molecule has 0 aliphatic carbocycles. The quantitative estimate of drug-likeness (QED) is 0.837. The summed E-state index contributed by atoms with van der Waals surface area (Å²) < 4.78 is 28.5. The van der Waals surface area contributed by atoms with Gasteiger partial charge in [-0.1, -0.05) is 0 Å². The maximum absolute atomic E-state index is 14.3. The Labute approximate surface area is 155 Å². The predicted molar refractivity (Wildman–Crippen MR) is 96.6 cm³/mol. The first-order valence-corrected chi connectivity index (χ1v) is 8.57. The number of primary amides is 1. The summed E-state index contributed by atoms with van der Waals surface area (Å²) in [4.78, 5) is 29.1. The van der Waals surface area contributed by atoms with Crippen molar-refractivity contribution in [2.45, 2.75) is 19.3 Å². The maximum Gasteiger partial charge on any atom is 0.269 e. The normalized spacial score (nSPS) is 16.8. The fourth-order valence-corrected chi connectivity index (χ4v) is 3.29. The monoisotopic (exact) mass is 374 g/mol. The van der Waals surface area contributed by atoms with Gasteiger partial charge in [-0.3, -0.25) is 9.59 Å². The molecule has 0 saturated carbocycles. The highest BCUT2D eigenvalue weighted by molar-refractivity contribution is 5.96. The van der Waals surface area contributed by atoms with Crippen molar-refractivity contribution in [3.63, 3.8) is 0 Å². The van der Waals surface area contributed by atoms with Crippen LogP contribution in [0.5, 0.6) is 0 Å². The summed E-state index contributed by atoms with van der Waals surface area (Å²) in [6.07, 6.45) is 1.50. The van der Waals surface area contributed by atoms with Crippen LogP contribution in [-0.2, 0) is 11.2 Å². The number of carbonyl (C=O) groups is 2. The van der Waals surface area contributed by atoms with Gasteiger partial charge in [0.2, 0.25) is 5.91 Å². The second-order valence-electron chi connectivity index (χ2n) is 6.71. The molecule has 0 spiro atoms. The van der Waals surface area contributed by atoms with Crippen molar-refractivity contribution in [1.82, 2.24) is 9.88 Å². The van der Waals surface area contributed by atoms with E-state index in [1.54, 1.807) is 11.9 Å². The lowest BCUT2D eigenvalue weighted by atomic mass is 9.96. The van der Waals surface area contributed by atoms with Crippen LogP contribution in [0.4, 0.5) is 14.5 Å². The lowest BCUT2D eigenvalue weighted by Crippen LogP contribution is -2.22. The van der Waals surface area contributed by atoms with E-state index in [4.69, 9.17) is 11.5 Å². The van der Waals surface area contributed by atoms with E-state index in [1.807, 2.05) is 0 Å². The van der Waals surface area contributed by atoms with Crippen molar-refractivity contribution in [3.8, 4) is 11.3 Å². The number of amides is 2. The predicted octanol–water partition coefficient (Wildman–Crippen LogP) is 2.12. The largest absolute Gasteiger partial charge is 0.397 e. The third kappa shape index (κ3) is 3.74. The van der Waals surface area contributed by atoms with Crippen LogP contribution in [0, 0.1) is 17.6 Å². The zero-order valence-corrected chi connectivity index (χ0v) is 14.8. The number of likely N-dealkylation sites (tertiary alicyclic amines) is 1. The van der Waals surface area contributed by atoms with Gasteiger partial charge in [-0.15, -0.1) is 0 Å². The molecule has 3 rings (SSSR count). The average molecular weight is 374 g/mol. The van der Waals surface area contributed by atoms with E-state index in [2.05, 4.69) is 4.98 Å². The molecule has 1 fully saturated rings. The number of carbonyl (C=O) groups excluding carboxylic acids is 2. The first kappa shape index (κ1) is 18.8. The molecule has 2 aromatic rings. The molecule has 0 unspecified atom stereocenters. The number of benzene rings is 1. The van der Waals surface area contributed by atoms with Crippen LogP contribution in [0.2, 0.25) is 0 Å². The van der Waals surface area contributed by atoms with Gasteiger partial charge in [-0.2, -0.15) is 0 Å². The summed E-state index contributed by atoms with van der Waals surface area (Å²) in [6.45, 7) is 0.686. The Bertz CT molecular complexity index is 917. The molecule has 142 valence electrons. The van der Waals surface area contributed by atoms with Gasteiger partial charge < -0.3 is 16.4 Å². The number of pyridine rings is 1. The number of nitrogens with zero attached hydrogens (tertiary/aromatic N) is 2. The Morgan fingerprint density at radius 2 is 2.04 bits per heavy atom. The third-order valence-corrected chi connectivity index (χ3v) is 4.87. The first-order chi connectivity index (χ1) is 12.8. The molecule has 27 heavy (non-hydrogen) atoms. The molecule has 0 radical (unpaired) electrons. The van der Waals surface area contributed by atoms with Gasteiger partial charge in [0.05, 0.1) is 11.4 Å². The van der Waals surface area contributed by atoms with Gasteiger partial charge in [-0.05, 0) is 43.0 Å². The summed E-state index contributed by atoms with van der Waals surface area (Å²) in [5.74, 6) is -2.43. The molecule has 1 atom stereocenters. The van der Waals surface area contributed by atoms with E-state index in [0.29, 0.717) is 19.4 Å². The fraction of sp³-hybridized carbons (Fsp3) is 0.316. The zero-order chi connectivity index (χ0) is 19.7. The standard InChI is InChI=1S/C19H20F2N4O2/c1-25-7-6-10(19(25)27)2-3-11-8-12(14(21)9-13(11)20)16-5-4-15(22)17(24-16)18(23)26/h4-5,8-10H,2-3,6-7,22H2,1H3,(H2,23,26)/t10-/m1/s1. The topological polar surface area (TPSA) is 102 Å². The molecule has 1 aliphatic heterocycles. The minimum Gasteiger partial charge on any atom is -0.397 e. The molecule has 6 nitrogen and oxygen atoms in total. The highest BCUT2D eigenvalue weighted by Gasteiger charge is 2.28. The molecule has 1 saturated heterocycles. The first-order valence-electron chi connectivity index (χ1n) is 8.57. The Morgan fingerprint density at radius 1 is 1.30 bits per heavy atom. The van der Waals surface area contributed by atoms with Crippen LogP contribution < -0.4 is 11.5 Å². The van der Waals surface area contributed by atoms with Crippen molar-refractivity contribution < 1.29 is 18.4 Å². The summed E-state index contributed by atoms with van der Waals surface area (Å²) in [7, 11) is 1.74. The summed E-state index contributed by atoms with van der Waals surface area (Å²) in [5, 5.41) is 0. The number of nitrogens with two attached hydrogens (primary N) is 2. The van der Waals surface area contributed by atoms with Crippen molar-refractivity contribution in [2.24, 2.45) is 11.7 Å². The van der Waals surface area contributed by atoms with E-state index in [0.717, 1.165) is 12.5 Å². The number of nitrogen functional groups attached to an aromatic ring is 1.